The molecule has 0 saturated heterocycles. The van der Waals surface area contributed by atoms with E-state index in [9.17, 15) is 9.59 Å². The van der Waals surface area contributed by atoms with Gasteiger partial charge in [-0.15, -0.1) is 11.3 Å². The average Bonchev–Trinajstić information content (AvgIpc) is 2.74. The number of carbonyl (C=O) groups is 2. The topological polar surface area (TPSA) is 101 Å². The first-order valence-electron chi connectivity index (χ1n) is 7.00. The monoisotopic (exact) mass is 312 g/mol. The van der Waals surface area contributed by atoms with E-state index in [1.165, 1.54) is 11.3 Å². The fraction of sp³-hybridized carbons (Fsp3) is 0.571. The Kier molecular flexibility index (Phi) is 6.02. The molecule has 1 heterocycles. The van der Waals surface area contributed by atoms with E-state index in [4.69, 9.17) is 11.5 Å². The molecule has 0 aliphatic heterocycles. The van der Waals surface area contributed by atoms with Gasteiger partial charge in [-0.1, -0.05) is 13.8 Å². The van der Waals surface area contributed by atoms with Gasteiger partial charge in [-0.2, -0.15) is 0 Å². The van der Waals surface area contributed by atoms with E-state index in [-0.39, 0.29) is 17.2 Å². The molecule has 6 nitrogen and oxygen atoms in total. The number of amides is 2. The first kappa shape index (κ1) is 17.3. The van der Waals surface area contributed by atoms with Crippen LogP contribution in [0.5, 0.6) is 0 Å². The summed E-state index contributed by atoms with van der Waals surface area (Å²) < 4.78 is 0. The fourth-order valence-electron chi connectivity index (χ4n) is 1.90. The second-order valence-corrected chi connectivity index (χ2v) is 6.35. The number of carbonyl (C=O) groups excluding carboxylic acids is 2. The molecular formula is C14H24N4O2S. The van der Waals surface area contributed by atoms with Crippen molar-refractivity contribution in [3.8, 4) is 0 Å². The van der Waals surface area contributed by atoms with Gasteiger partial charge in [0.05, 0.1) is 11.3 Å². The Bertz CT molecular complexity index is 525. The van der Waals surface area contributed by atoms with Crippen LogP contribution in [0.25, 0.3) is 0 Å². The first-order valence-corrected chi connectivity index (χ1v) is 7.82. The summed E-state index contributed by atoms with van der Waals surface area (Å²) in [5, 5.41) is 3.35. The lowest BCUT2D eigenvalue weighted by Gasteiger charge is -2.19. The molecular weight excluding hydrogens is 288 g/mol. The molecule has 1 aromatic heterocycles. The highest BCUT2D eigenvalue weighted by molar-refractivity contribution is 7.19. The third-order valence-corrected chi connectivity index (χ3v) is 4.42. The number of hydrogen-bond donors (Lipinski definition) is 3. The van der Waals surface area contributed by atoms with Crippen molar-refractivity contribution in [3.05, 3.63) is 10.4 Å². The highest BCUT2D eigenvalue weighted by Gasteiger charge is 2.25. The van der Waals surface area contributed by atoms with Crippen molar-refractivity contribution in [3.63, 3.8) is 0 Å². The summed E-state index contributed by atoms with van der Waals surface area (Å²) >= 11 is 1.21. The summed E-state index contributed by atoms with van der Waals surface area (Å²) in [4.78, 5) is 25.9. The molecule has 1 aromatic rings. The number of nitrogens with two attached hydrogens (primary N) is 2. The van der Waals surface area contributed by atoms with Crippen LogP contribution >= 0.6 is 11.3 Å². The summed E-state index contributed by atoms with van der Waals surface area (Å²) in [5.41, 5.74) is 11.8. The second kappa shape index (κ2) is 7.31. The quantitative estimate of drug-likeness (QED) is 0.712. The molecule has 0 unspecified atom stereocenters. The van der Waals surface area contributed by atoms with Gasteiger partial charge in [0.1, 0.15) is 9.88 Å². The van der Waals surface area contributed by atoms with E-state index in [2.05, 4.69) is 19.2 Å². The maximum Gasteiger partial charge on any atom is 0.263 e. The molecule has 0 aliphatic rings. The van der Waals surface area contributed by atoms with E-state index in [1.54, 1.807) is 0 Å². The summed E-state index contributed by atoms with van der Waals surface area (Å²) in [7, 11) is 1.88. The Hall–Kier alpha value is -1.76. The van der Waals surface area contributed by atoms with Crippen LogP contribution in [0.1, 0.15) is 47.2 Å². The summed E-state index contributed by atoms with van der Waals surface area (Å²) in [6.07, 6.45) is 0.975. The maximum absolute atomic E-state index is 12.0. The van der Waals surface area contributed by atoms with E-state index < -0.39 is 5.91 Å². The van der Waals surface area contributed by atoms with Crippen LogP contribution in [0.4, 0.5) is 10.7 Å². The minimum Gasteiger partial charge on any atom is -0.397 e. The van der Waals surface area contributed by atoms with Gasteiger partial charge < -0.3 is 21.7 Å². The molecule has 0 fully saturated rings. The fourth-order valence-corrected chi connectivity index (χ4v) is 3.03. The molecule has 0 radical (unpaired) electrons. The van der Waals surface area contributed by atoms with E-state index in [0.717, 1.165) is 13.0 Å². The van der Waals surface area contributed by atoms with E-state index in [0.29, 0.717) is 22.3 Å². The highest BCUT2D eigenvalue weighted by atomic mass is 32.1. The zero-order valence-corrected chi connectivity index (χ0v) is 13.8. The second-order valence-electron chi connectivity index (χ2n) is 5.35. The minimum atomic E-state index is -0.606. The SMILES string of the molecule is CCNC(=O)c1sc(N(C)CCC(C)C)c(C(N)=O)c1N. The molecule has 0 bridgehead atoms. The van der Waals surface area contributed by atoms with Crippen LogP contribution < -0.4 is 21.7 Å². The molecule has 0 aromatic carbocycles. The van der Waals surface area contributed by atoms with Gasteiger partial charge in [-0.05, 0) is 19.3 Å². The number of thiophene rings is 1. The van der Waals surface area contributed by atoms with Gasteiger partial charge in [-0.25, -0.2) is 0 Å². The molecule has 5 N–H and O–H groups in total. The predicted octanol–water partition coefficient (Wildman–Crippen LogP) is 1.66. The largest absolute Gasteiger partial charge is 0.397 e. The number of hydrogen-bond acceptors (Lipinski definition) is 5. The summed E-state index contributed by atoms with van der Waals surface area (Å²) in [5.74, 6) is -0.332. The number of primary amides is 1. The zero-order valence-electron chi connectivity index (χ0n) is 13.0. The van der Waals surface area contributed by atoms with Gasteiger partial charge in [0.15, 0.2) is 0 Å². The van der Waals surface area contributed by atoms with Crippen LogP contribution in [-0.2, 0) is 0 Å². The van der Waals surface area contributed by atoms with Crippen LogP contribution in [0.2, 0.25) is 0 Å². The van der Waals surface area contributed by atoms with Crippen molar-refractivity contribution in [1.29, 1.82) is 0 Å². The van der Waals surface area contributed by atoms with Gasteiger partial charge in [-0.3, -0.25) is 9.59 Å². The van der Waals surface area contributed by atoms with Crippen molar-refractivity contribution >= 4 is 33.8 Å². The van der Waals surface area contributed by atoms with Crippen LogP contribution in [-0.4, -0.2) is 32.0 Å². The van der Waals surface area contributed by atoms with Crippen LogP contribution in [0, 0.1) is 5.92 Å². The van der Waals surface area contributed by atoms with Gasteiger partial charge in [0.25, 0.3) is 11.8 Å². The molecule has 21 heavy (non-hydrogen) atoms. The van der Waals surface area contributed by atoms with Crippen molar-refractivity contribution in [2.45, 2.75) is 27.2 Å². The first-order chi connectivity index (χ1) is 9.79. The number of nitrogens with zero attached hydrogens (tertiary/aromatic N) is 1. The van der Waals surface area contributed by atoms with Crippen molar-refractivity contribution in [2.24, 2.45) is 11.7 Å². The molecule has 0 spiro atoms. The van der Waals surface area contributed by atoms with Crippen LogP contribution in [0.3, 0.4) is 0 Å². The normalized spacial score (nSPS) is 10.7. The minimum absolute atomic E-state index is 0.171. The number of nitrogen functional groups attached to an aromatic ring is 1. The number of rotatable bonds is 7. The maximum atomic E-state index is 12.0. The Morgan fingerprint density at radius 1 is 1.38 bits per heavy atom. The molecule has 0 saturated carbocycles. The number of nitrogens with one attached hydrogen (secondary N) is 1. The molecule has 1 rings (SSSR count). The number of anilines is 2. The molecule has 2 amide bonds. The lowest BCUT2D eigenvalue weighted by atomic mass is 10.1. The molecule has 118 valence electrons. The average molecular weight is 312 g/mol. The molecule has 7 heteroatoms. The van der Waals surface area contributed by atoms with Crippen molar-refractivity contribution in [1.82, 2.24) is 5.32 Å². The van der Waals surface area contributed by atoms with Crippen molar-refractivity contribution in [2.75, 3.05) is 30.8 Å². The smallest absolute Gasteiger partial charge is 0.263 e. The van der Waals surface area contributed by atoms with Crippen molar-refractivity contribution < 1.29 is 9.59 Å². The van der Waals surface area contributed by atoms with Gasteiger partial charge >= 0.3 is 0 Å². The van der Waals surface area contributed by atoms with E-state index >= 15 is 0 Å². The van der Waals surface area contributed by atoms with Gasteiger partial charge in [0.2, 0.25) is 0 Å². The Morgan fingerprint density at radius 3 is 2.48 bits per heavy atom. The third-order valence-electron chi connectivity index (χ3n) is 3.11. The Morgan fingerprint density at radius 2 is 2.00 bits per heavy atom. The van der Waals surface area contributed by atoms with Gasteiger partial charge in [0, 0.05) is 20.1 Å². The summed E-state index contributed by atoms with van der Waals surface area (Å²) in [6, 6.07) is 0. The highest BCUT2D eigenvalue weighted by Crippen LogP contribution is 2.37. The lowest BCUT2D eigenvalue weighted by molar-refractivity contribution is 0.0960. The standard InChI is InChI=1S/C14H24N4O2S/c1-5-17-13(20)11-10(15)9(12(16)19)14(21-11)18(4)7-6-8(2)3/h8H,5-7,15H2,1-4H3,(H2,16,19)(H,17,20). The molecule has 0 aliphatic carbocycles. The predicted molar refractivity (Wildman–Crippen MR) is 88.0 cm³/mol. The Balaban J connectivity index is 3.15. The third kappa shape index (κ3) is 4.10. The molecule has 0 atom stereocenters. The lowest BCUT2D eigenvalue weighted by Crippen LogP contribution is -2.23. The zero-order chi connectivity index (χ0) is 16.2. The van der Waals surface area contributed by atoms with E-state index in [1.807, 2.05) is 18.9 Å². The summed E-state index contributed by atoms with van der Waals surface area (Å²) in [6.45, 7) is 7.36. The Labute approximate surface area is 129 Å². The van der Waals surface area contributed by atoms with Crippen LogP contribution in [0.15, 0.2) is 0 Å².